The first-order chi connectivity index (χ1) is 6.74. The highest BCUT2D eigenvalue weighted by atomic mass is 35.5. The number of halogens is 1. The standard InChI is InChI=1S/C9H15NO4.ClH/c1-2-13-9(12)14-8(11)10-6-4-3-5-7-10;/h2-7H2,1H3;1H. The first kappa shape index (κ1) is 14.0. The van der Waals surface area contributed by atoms with E-state index in [-0.39, 0.29) is 19.0 Å². The minimum atomic E-state index is -0.914. The number of rotatable bonds is 1. The Bertz CT molecular complexity index is 216. The molecule has 0 radical (unpaired) electrons. The van der Waals surface area contributed by atoms with Crippen molar-refractivity contribution in [2.45, 2.75) is 26.2 Å². The van der Waals surface area contributed by atoms with Crippen LogP contribution >= 0.6 is 12.4 Å². The lowest BCUT2D eigenvalue weighted by Crippen LogP contribution is -2.37. The summed E-state index contributed by atoms with van der Waals surface area (Å²) in [6.07, 6.45) is 1.56. The van der Waals surface area contributed by atoms with Gasteiger partial charge in [-0.15, -0.1) is 12.4 Å². The molecule has 0 aromatic carbocycles. The Morgan fingerprint density at radius 3 is 2.33 bits per heavy atom. The van der Waals surface area contributed by atoms with Crippen molar-refractivity contribution in [2.75, 3.05) is 19.7 Å². The van der Waals surface area contributed by atoms with Crippen LogP contribution in [-0.4, -0.2) is 36.8 Å². The first-order valence-corrected chi connectivity index (χ1v) is 4.87. The second-order valence-electron chi connectivity index (χ2n) is 3.10. The molecule has 6 heteroatoms. The third kappa shape index (κ3) is 4.88. The second-order valence-corrected chi connectivity index (χ2v) is 3.10. The largest absolute Gasteiger partial charge is 0.517 e. The predicted molar refractivity (Wildman–Crippen MR) is 56.2 cm³/mol. The van der Waals surface area contributed by atoms with E-state index in [4.69, 9.17) is 0 Å². The van der Waals surface area contributed by atoms with E-state index in [1.165, 1.54) is 4.90 Å². The van der Waals surface area contributed by atoms with Crippen molar-refractivity contribution in [1.82, 2.24) is 4.90 Å². The van der Waals surface area contributed by atoms with Crippen LogP contribution in [0.5, 0.6) is 0 Å². The molecule has 0 unspecified atom stereocenters. The number of nitrogens with zero attached hydrogens (tertiary/aromatic N) is 1. The van der Waals surface area contributed by atoms with Gasteiger partial charge in [-0.1, -0.05) is 0 Å². The van der Waals surface area contributed by atoms with Gasteiger partial charge in [-0.25, -0.2) is 9.59 Å². The normalized spacial score (nSPS) is 15.1. The lowest BCUT2D eigenvalue weighted by atomic mass is 10.1. The topological polar surface area (TPSA) is 55.8 Å². The molecule has 0 N–H and O–H groups in total. The molecule has 0 aromatic heterocycles. The van der Waals surface area contributed by atoms with Crippen LogP contribution in [0.1, 0.15) is 26.2 Å². The minimum absolute atomic E-state index is 0. The fraction of sp³-hybridized carbons (Fsp3) is 0.778. The zero-order chi connectivity index (χ0) is 10.4. The molecule has 88 valence electrons. The van der Waals surface area contributed by atoms with Gasteiger partial charge in [0.25, 0.3) is 0 Å². The summed E-state index contributed by atoms with van der Waals surface area (Å²) in [5, 5.41) is 0. The quantitative estimate of drug-likeness (QED) is 0.518. The van der Waals surface area contributed by atoms with Crippen molar-refractivity contribution >= 4 is 24.7 Å². The molecule has 1 heterocycles. The second kappa shape index (κ2) is 7.34. The van der Waals surface area contributed by atoms with Gasteiger partial charge in [0.1, 0.15) is 0 Å². The number of piperidine rings is 1. The molecule has 15 heavy (non-hydrogen) atoms. The Kier molecular flexibility index (Phi) is 6.86. The monoisotopic (exact) mass is 237 g/mol. The van der Waals surface area contributed by atoms with Crippen LogP contribution in [0.3, 0.4) is 0 Å². The van der Waals surface area contributed by atoms with Gasteiger partial charge in [-0.2, -0.15) is 0 Å². The van der Waals surface area contributed by atoms with E-state index in [0.29, 0.717) is 13.1 Å². The Morgan fingerprint density at radius 2 is 1.80 bits per heavy atom. The Labute approximate surface area is 95.1 Å². The van der Waals surface area contributed by atoms with Crippen molar-refractivity contribution in [1.29, 1.82) is 0 Å². The zero-order valence-corrected chi connectivity index (χ0v) is 9.55. The lowest BCUT2D eigenvalue weighted by Gasteiger charge is -2.24. The molecular formula is C9H16ClNO4. The summed E-state index contributed by atoms with van der Waals surface area (Å²) in [7, 11) is 0. The molecule has 1 aliphatic heterocycles. The number of carbonyl (C=O) groups excluding carboxylic acids is 2. The fourth-order valence-corrected chi connectivity index (χ4v) is 1.36. The highest BCUT2D eigenvalue weighted by molar-refractivity contribution is 5.85. The average Bonchev–Trinajstić information content (AvgIpc) is 2.19. The third-order valence-electron chi connectivity index (χ3n) is 2.05. The van der Waals surface area contributed by atoms with E-state index >= 15 is 0 Å². The number of amides is 1. The minimum Gasteiger partial charge on any atom is -0.434 e. The highest BCUT2D eigenvalue weighted by Crippen LogP contribution is 2.09. The number of hydrogen-bond donors (Lipinski definition) is 0. The zero-order valence-electron chi connectivity index (χ0n) is 8.73. The van der Waals surface area contributed by atoms with Crippen LogP contribution in [0.15, 0.2) is 0 Å². The maximum absolute atomic E-state index is 11.3. The summed E-state index contributed by atoms with van der Waals surface area (Å²) < 4.78 is 8.95. The van der Waals surface area contributed by atoms with Crippen LogP contribution in [0.4, 0.5) is 9.59 Å². The molecule has 5 nitrogen and oxygen atoms in total. The van der Waals surface area contributed by atoms with E-state index in [9.17, 15) is 9.59 Å². The molecule has 0 saturated carbocycles. The molecule has 0 bridgehead atoms. The van der Waals surface area contributed by atoms with Crippen LogP contribution in [0, 0.1) is 0 Å². The van der Waals surface area contributed by atoms with Gasteiger partial charge >= 0.3 is 12.2 Å². The van der Waals surface area contributed by atoms with Gasteiger partial charge in [0.05, 0.1) is 6.61 Å². The molecule has 1 fully saturated rings. The van der Waals surface area contributed by atoms with Gasteiger partial charge in [0, 0.05) is 13.1 Å². The Balaban J connectivity index is 0.00000196. The summed E-state index contributed by atoms with van der Waals surface area (Å²) in [6.45, 7) is 3.20. The Hall–Kier alpha value is -0.970. The summed E-state index contributed by atoms with van der Waals surface area (Å²) in [5.41, 5.74) is 0. The summed E-state index contributed by atoms with van der Waals surface area (Å²) >= 11 is 0. The van der Waals surface area contributed by atoms with Crippen molar-refractivity contribution in [3.63, 3.8) is 0 Å². The molecule has 1 saturated heterocycles. The number of ether oxygens (including phenoxy) is 2. The molecule has 0 aromatic rings. The van der Waals surface area contributed by atoms with Crippen LogP contribution in [-0.2, 0) is 9.47 Å². The van der Waals surface area contributed by atoms with Crippen molar-refractivity contribution in [2.24, 2.45) is 0 Å². The molecular weight excluding hydrogens is 222 g/mol. The van der Waals surface area contributed by atoms with E-state index in [1.54, 1.807) is 6.92 Å². The summed E-state index contributed by atoms with van der Waals surface area (Å²) in [5.74, 6) is 0. The van der Waals surface area contributed by atoms with Gasteiger partial charge in [0.15, 0.2) is 0 Å². The lowest BCUT2D eigenvalue weighted by molar-refractivity contribution is 0.0605. The fourth-order valence-electron chi connectivity index (χ4n) is 1.36. The smallest absolute Gasteiger partial charge is 0.434 e. The van der Waals surface area contributed by atoms with E-state index in [1.807, 2.05) is 0 Å². The average molecular weight is 238 g/mol. The van der Waals surface area contributed by atoms with E-state index < -0.39 is 12.2 Å². The molecule has 1 rings (SSSR count). The predicted octanol–water partition coefficient (Wildman–Crippen LogP) is 2.19. The first-order valence-electron chi connectivity index (χ1n) is 4.87. The highest BCUT2D eigenvalue weighted by Gasteiger charge is 2.20. The van der Waals surface area contributed by atoms with Crippen LogP contribution in [0.2, 0.25) is 0 Å². The van der Waals surface area contributed by atoms with Gasteiger partial charge in [-0.05, 0) is 26.2 Å². The van der Waals surface area contributed by atoms with Crippen molar-refractivity contribution < 1.29 is 19.1 Å². The van der Waals surface area contributed by atoms with Crippen LogP contribution < -0.4 is 0 Å². The molecule has 1 aliphatic rings. The molecule has 0 aliphatic carbocycles. The number of carbonyl (C=O) groups is 2. The van der Waals surface area contributed by atoms with Gasteiger partial charge < -0.3 is 14.4 Å². The maximum Gasteiger partial charge on any atom is 0.517 e. The van der Waals surface area contributed by atoms with E-state index in [0.717, 1.165) is 19.3 Å². The summed E-state index contributed by atoms with van der Waals surface area (Å²) in [6, 6.07) is 0. The number of hydrogen-bond acceptors (Lipinski definition) is 4. The summed E-state index contributed by atoms with van der Waals surface area (Å²) in [4.78, 5) is 23.6. The maximum atomic E-state index is 11.3. The van der Waals surface area contributed by atoms with E-state index in [2.05, 4.69) is 9.47 Å². The molecule has 0 spiro atoms. The number of likely N-dealkylation sites (tertiary alicyclic amines) is 1. The van der Waals surface area contributed by atoms with Crippen molar-refractivity contribution in [3.8, 4) is 0 Å². The van der Waals surface area contributed by atoms with Crippen LogP contribution in [0.25, 0.3) is 0 Å². The van der Waals surface area contributed by atoms with Crippen molar-refractivity contribution in [3.05, 3.63) is 0 Å². The van der Waals surface area contributed by atoms with Gasteiger partial charge in [-0.3, -0.25) is 0 Å². The third-order valence-corrected chi connectivity index (χ3v) is 2.05. The van der Waals surface area contributed by atoms with Gasteiger partial charge in [0.2, 0.25) is 0 Å². The molecule has 0 atom stereocenters. The Morgan fingerprint density at radius 1 is 1.20 bits per heavy atom. The SMILES string of the molecule is CCOC(=O)OC(=O)N1CCCCC1.Cl. The molecule has 1 amide bonds.